The molecule has 5 heteroatoms. The maximum absolute atomic E-state index is 13.5. The normalized spacial score (nSPS) is 11.0. The van der Waals surface area contributed by atoms with E-state index < -0.39 is 0 Å². The largest absolute Gasteiger partial charge is 0.311 e. The van der Waals surface area contributed by atoms with Crippen LogP contribution in [0.2, 0.25) is 0 Å². The highest BCUT2D eigenvalue weighted by atomic mass is 79.9. The molecule has 21 heavy (non-hydrogen) atoms. The van der Waals surface area contributed by atoms with Gasteiger partial charge in [0.15, 0.2) is 0 Å². The third kappa shape index (κ3) is 3.92. The minimum absolute atomic E-state index is 0.132. The standard InChI is InChI=1S/C16H21BrFN3/c1-3-14-16(17)15(21(4-2)20-14)11-19-10-9-12-7-5-6-8-13(12)18/h5-8,19H,3-4,9-11H2,1-2H3. The highest BCUT2D eigenvalue weighted by Gasteiger charge is 2.13. The first-order valence-corrected chi connectivity index (χ1v) is 8.14. The zero-order valence-corrected chi connectivity index (χ0v) is 14.1. The van der Waals surface area contributed by atoms with Crippen molar-refractivity contribution in [1.29, 1.82) is 0 Å². The summed E-state index contributed by atoms with van der Waals surface area (Å²) in [6.45, 7) is 6.51. The molecule has 0 saturated carbocycles. The first-order valence-electron chi connectivity index (χ1n) is 7.35. The van der Waals surface area contributed by atoms with E-state index in [2.05, 4.69) is 40.2 Å². The fourth-order valence-corrected chi connectivity index (χ4v) is 3.02. The lowest BCUT2D eigenvalue weighted by molar-refractivity contribution is 0.568. The monoisotopic (exact) mass is 353 g/mol. The number of aromatic nitrogens is 2. The lowest BCUT2D eigenvalue weighted by Crippen LogP contribution is -2.19. The summed E-state index contributed by atoms with van der Waals surface area (Å²) in [6, 6.07) is 6.92. The first kappa shape index (κ1) is 16.2. The van der Waals surface area contributed by atoms with Crippen LogP contribution in [0.4, 0.5) is 4.39 Å². The Balaban J connectivity index is 1.92. The minimum Gasteiger partial charge on any atom is -0.311 e. The van der Waals surface area contributed by atoms with Gasteiger partial charge in [0.25, 0.3) is 0 Å². The number of benzene rings is 1. The van der Waals surface area contributed by atoms with Crippen LogP contribution in [0, 0.1) is 5.82 Å². The molecule has 0 bridgehead atoms. The molecule has 0 amide bonds. The zero-order valence-electron chi connectivity index (χ0n) is 12.5. The predicted octanol–water partition coefficient (Wildman–Crippen LogP) is 3.70. The summed E-state index contributed by atoms with van der Waals surface area (Å²) in [5, 5.41) is 7.94. The van der Waals surface area contributed by atoms with E-state index in [-0.39, 0.29) is 5.82 Å². The van der Waals surface area contributed by atoms with Crippen LogP contribution in [-0.4, -0.2) is 16.3 Å². The van der Waals surface area contributed by atoms with Gasteiger partial charge in [-0.15, -0.1) is 0 Å². The van der Waals surface area contributed by atoms with Gasteiger partial charge in [-0.3, -0.25) is 4.68 Å². The molecule has 0 unspecified atom stereocenters. The molecule has 0 aliphatic rings. The number of nitrogens with zero attached hydrogens (tertiary/aromatic N) is 2. The van der Waals surface area contributed by atoms with Gasteiger partial charge in [0.2, 0.25) is 0 Å². The molecule has 1 N–H and O–H groups in total. The molecule has 0 aliphatic carbocycles. The fourth-order valence-electron chi connectivity index (χ4n) is 2.32. The van der Waals surface area contributed by atoms with Crippen LogP contribution in [-0.2, 0) is 25.9 Å². The van der Waals surface area contributed by atoms with Crippen molar-refractivity contribution in [1.82, 2.24) is 15.1 Å². The summed E-state index contributed by atoms with van der Waals surface area (Å²) < 4.78 is 16.6. The predicted molar refractivity (Wildman–Crippen MR) is 86.8 cm³/mol. The number of rotatable bonds is 7. The molecule has 0 saturated heterocycles. The summed E-state index contributed by atoms with van der Waals surface area (Å²) in [5.41, 5.74) is 2.99. The molecule has 0 spiro atoms. The molecular formula is C16H21BrFN3. The summed E-state index contributed by atoms with van der Waals surface area (Å²) in [6.07, 6.45) is 1.60. The van der Waals surface area contributed by atoms with Crippen molar-refractivity contribution in [3.63, 3.8) is 0 Å². The zero-order chi connectivity index (χ0) is 15.2. The van der Waals surface area contributed by atoms with Crippen molar-refractivity contribution in [3.8, 4) is 0 Å². The number of hydrogen-bond acceptors (Lipinski definition) is 2. The maximum Gasteiger partial charge on any atom is 0.126 e. The smallest absolute Gasteiger partial charge is 0.126 e. The highest BCUT2D eigenvalue weighted by Crippen LogP contribution is 2.22. The van der Waals surface area contributed by atoms with Crippen molar-refractivity contribution >= 4 is 15.9 Å². The topological polar surface area (TPSA) is 29.9 Å². The van der Waals surface area contributed by atoms with Gasteiger partial charge in [0, 0.05) is 13.1 Å². The van der Waals surface area contributed by atoms with Crippen molar-refractivity contribution in [2.75, 3.05) is 6.54 Å². The summed E-state index contributed by atoms with van der Waals surface area (Å²) >= 11 is 3.63. The second-order valence-corrected chi connectivity index (χ2v) is 5.69. The second-order valence-electron chi connectivity index (χ2n) is 4.89. The van der Waals surface area contributed by atoms with Crippen LogP contribution in [0.1, 0.15) is 30.8 Å². The van der Waals surface area contributed by atoms with E-state index in [0.29, 0.717) is 6.42 Å². The Morgan fingerprint density at radius 3 is 2.71 bits per heavy atom. The van der Waals surface area contributed by atoms with Gasteiger partial charge in [-0.05, 0) is 53.9 Å². The Kier molecular flexibility index (Phi) is 5.94. The fraction of sp³-hybridized carbons (Fsp3) is 0.438. The van der Waals surface area contributed by atoms with Gasteiger partial charge in [-0.25, -0.2) is 4.39 Å². The van der Waals surface area contributed by atoms with Gasteiger partial charge in [-0.1, -0.05) is 25.1 Å². The Hall–Kier alpha value is -1.20. The number of halogens is 2. The molecule has 0 radical (unpaired) electrons. The van der Waals surface area contributed by atoms with Crippen molar-refractivity contribution in [2.24, 2.45) is 0 Å². The average molecular weight is 354 g/mol. The molecule has 2 aromatic rings. The molecule has 114 valence electrons. The lowest BCUT2D eigenvalue weighted by Gasteiger charge is -2.08. The highest BCUT2D eigenvalue weighted by molar-refractivity contribution is 9.10. The molecule has 3 nitrogen and oxygen atoms in total. The molecular weight excluding hydrogens is 333 g/mol. The van der Waals surface area contributed by atoms with Crippen molar-refractivity contribution in [2.45, 2.75) is 39.8 Å². The molecule has 0 aliphatic heterocycles. The third-order valence-corrected chi connectivity index (χ3v) is 4.43. The maximum atomic E-state index is 13.5. The first-order chi connectivity index (χ1) is 10.2. The summed E-state index contributed by atoms with van der Waals surface area (Å²) in [7, 11) is 0. The van der Waals surface area contributed by atoms with Gasteiger partial charge in [-0.2, -0.15) is 5.10 Å². The molecule has 2 rings (SSSR count). The Morgan fingerprint density at radius 1 is 1.29 bits per heavy atom. The Morgan fingerprint density at radius 2 is 2.05 bits per heavy atom. The summed E-state index contributed by atoms with van der Waals surface area (Å²) in [5.74, 6) is -0.132. The Labute approximate surface area is 133 Å². The Bertz CT molecular complexity index is 595. The van der Waals surface area contributed by atoms with Gasteiger partial charge in [0.1, 0.15) is 5.82 Å². The van der Waals surface area contributed by atoms with E-state index in [4.69, 9.17) is 0 Å². The number of hydrogen-bond donors (Lipinski definition) is 1. The van der Waals surface area contributed by atoms with E-state index in [1.54, 1.807) is 6.07 Å². The van der Waals surface area contributed by atoms with Gasteiger partial charge < -0.3 is 5.32 Å². The van der Waals surface area contributed by atoms with Crippen LogP contribution in [0.25, 0.3) is 0 Å². The molecule has 1 heterocycles. The van der Waals surface area contributed by atoms with Crippen LogP contribution in [0.3, 0.4) is 0 Å². The lowest BCUT2D eigenvalue weighted by atomic mass is 10.1. The molecule has 1 aromatic heterocycles. The number of nitrogens with one attached hydrogen (secondary N) is 1. The second kappa shape index (κ2) is 7.71. The molecule has 0 fully saturated rings. The van der Waals surface area contributed by atoms with E-state index in [1.165, 1.54) is 6.07 Å². The van der Waals surface area contributed by atoms with E-state index in [9.17, 15) is 4.39 Å². The van der Waals surface area contributed by atoms with Crippen LogP contribution < -0.4 is 5.32 Å². The van der Waals surface area contributed by atoms with Gasteiger partial charge in [0.05, 0.1) is 15.9 Å². The van der Waals surface area contributed by atoms with Crippen molar-refractivity contribution in [3.05, 3.63) is 51.5 Å². The average Bonchev–Trinajstić information content (AvgIpc) is 2.81. The van der Waals surface area contributed by atoms with Crippen LogP contribution in [0.5, 0.6) is 0 Å². The van der Waals surface area contributed by atoms with Crippen LogP contribution in [0.15, 0.2) is 28.7 Å². The number of aryl methyl sites for hydroxylation is 2. The quantitative estimate of drug-likeness (QED) is 0.769. The van der Waals surface area contributed by atoms with Crippen LogP contribution >= 0.6 is 15.9 Å². The van der Waals surface area contributed by atoms with Crippen molar-refractivity contribution < 1.29 is 4.39 Å². The minimum atomic E-state index is -0.132. The van der Waals surface area contributed by atoms with E-state index >= 15 is 0 Å². The summed E-state index contributed by atoms with van der Waals surface area (Å²) in [4.78, 5) is 0. The molecule has 0 atom stereocenters. The van der Waals surface area contributed by atoms with E-state index in [1.807, 2.05) is 16.8 Å². The molecule has 1 aromatic carbocycles. The third-order valence-electron chi connectivity index (χ3n) is 3.52. The van der Waals surface area contributed by atoms with E-state index in [0.717, 1.165) is 47.5 Å². The SMILES string of the molecule is CCc1nn(CC)c(CNCCc2ccccc2F)c1Br. The van der Waals surface area contributed by atoms with Gasteiger partial charge >= 0.3 is 0 Å².